The van der Waals surface area contributed by atoms with E-state index in [9.17, 15) is 4.79 Å². The maximum Gasteiger partial charge on any atom is 0.321 e. The summed E-state index contributed by atoms with van der Waals surface area (Å²) in [4.78, 5) is 13.1. The molecule has 2 N–H and O–H groups in total. The smallest absolute Gasteiger partial charge is 0.321 e. The maximum absolute atomic E-state index is 9.47. The molecule has 0 saturated heterocycles. The number of hydrogen-bond donors (Lipinski definition) is 1. The van der Waals surface area contributed by atoms with Crippen LogP contribution in [0.4, 0.5) is 0 Å². The first kappa shape index (κ1) is 9.32. The quantitative estimate of drug-likeness (QED) is 0.502. The van der Waals surface area contributed by atoms with Crippen LogP contribution in [-0.4, -0.2) is 5.97 Å². The second-order valence-electron chi connectivity index (χ2n) is 0.609. The van der Waals surface area contributed by atoms with Gasteiger partial charge in [-0.15, -0.1) is 17.0 Å². The molecule has 0 amide bonds. The lowest BCUT2D eigenvalue weighted by molar-refractivity contribution is -0.141. The predicted octanol–water partition coefficient (Wildman–Crippen LogP) is 0.00110. The van der Waals surface area contributed by atoms with Gasteiger partial charge in [-0.1, -0.05) is 0 Å². The first-order chi connectivity index (χ1) is 2.27. The van der Waals surface area contributed by atoms with Crippen LogP contribution in [0.2, 0.25) is 0 Å². The van der Waals surface area contributed by atoms with Gasteiger partial charge in [0, 0.05) is 6.92 Å². The Morgan fingerprint density at radius 3 is 2.00 bits per heavy atom. The van der Waals surface area contributed by atoms with Crippen molar-refractivity contribution in [1.29, 1.82) is 0 Å². The normalized spacial score (nSPS) is 5.67. The zero-order valence-electron chi connectivity index (χ0n) is 3.30. The van der Waals surface area contributed by atoms with E-state index in [4.69, 9.17) is 0 Å². The number of halogens is 1. The monoisotopic (exact) mass is 155 g/mol. The van der Waals surface area contributed by atoms with Crippen LogP contribution in [0, 0.1) is 0 Å². The number of carbonyl (C=O) groups excluding carboxylic acids is 1. The number of hydrogen-bond acceptors (Lipinski definition) is 3. The van der Waals surface area contributed by atoms with Gasteiger partial charge in [-0.25, -0.2) is 0 Å². The molecular formula is C2H6BrNO2. The summed E-state index contributed by atoms with van der Waals surface area (Å²) in [6.07, 6.45) is 0. The molecule has 0 aliphatic rings. The fraction of sp³-hybridized carbons (Fsp3) is 0.500. The van der Waals surface area contributed by atoms with Crippen molar-refractivity contribution in [2.45, 2.75) is 6.92 Å². The standard InChI is InChI=1S/C2H5NO2.BrH/c1-2(4)5-3;/h3H2,1H3;1H. The van der Waals surface area contributed by atoms with Crippen molar-refractivity contribution in [3.63, 3.8) is 0 Å². The highest BCUT2D eigenvalue weighted by molar-refractivity contribution is 8.93. The molecule has 0 aromatic carbocycles. The average Bonchev–Trinajstić information content (AvgIpc) is 1.38. The Bertz CT molecular complexity index is 46.8. The average molecular weight is 156 g/mol. The third kappa shape index (κ3) is 9.08. The van der Waals surface area contributed by atoms with Crippen molar-refractivity contribution in [3.8, 4) is 0 Å². The second-order valence-corrected chi connectivity index (χ2v) is 0.609. The Labute approximate surface area is 46.2 Å². The summed E-state index contributed by atoms with van der Waals surface area (Å²) in [6, 6.07) is 0. The third-order valence-electron chi connectivity index (χ3n) is 0.166. The molecule has 3 nitrogen and oxygen atoms in total. The van der Waals surface area contributed by atoms with Crippen LogP contribution < -0.4 is 5.90 Å². The van der Waals surface area contributed by atoms with Crippen LogP contribution in [0.15, 0.2) is 0 Å². The summed E-state index contributed by atoms with van der Waals surface area (Å²) in [7, 11) is 0. The van der Waals surface area contributed by atoms with Gasteiger partial charge >= 0.3 is 5.97 Å². The second kappa shape index (κ2) is 4.91. The van der Waals surface area contributed by atoms with E-state index in [0.29, 0.717) is 0 Å². The number of rotatable bonds is 0. The molecule has 4 heteroatoms. The fourth-order valence-corrected chi connectivity index (χ4v) is 0. The highest BCUT2D eigenvalue weighted by atomic mass is 79.9. The molecule has 0 heterocycles. The molecular weight excluding hydrogens is 150 g/mol. The van der Waals surface area contributed by atoms with Gasteiger partial charge < -0.3 is 4.84 Å². The lowest BCUT2D eigenvalue weighted by Crippen LogP contribution is -2.03. The van der Waals surface area contributed by atoms with Crippen LogP contribution in [-0.2, 0) is 9.63 Å². The van der Waals surface area contributed by atoms with Crippen molar-refractivity contribution in [2.75, 3.05) is 0 Å². The molecule has 6 heavy (non-hydrogen) atoms. The fourth-order valence-electron chi connectivity index (χ4n) is 0. The predicted molar refractivity (Wildman–Crippen MR) is 26.3 cm³/mol. The molecule has 0 unspecified atom stereocenters. The first-order valence-corrected chi connectivity index (χ1v) is 1.14. The van der Waals surface area contributed by atoms with Crippen molar-refractivity contribution < 1.29 is 9.63 Å². The highest BCUT2D eigenvalue weighted by Gasteiger charge is 1.77. The van der Waals surface area contributed by atoms with Gasteiger partial charge in [0.05, 0.1) is 0 Å². The van der Waals surface area contributed by atoms with E-state index in [2.05, 4.69) is 10.7 Å². The Hall–Kier alpha value is -0.0900. The Morgan fingerprint density at radius 1 is 1.83 bits per heavy atom. The van der Waals surface area contributed by atoms with Crippen LogP contribution in [0.1, 0.15) is 6.92 Å². The van der Waals surface area contributed by atoms with Crippen molar-refractivity contribution >= 4 is 23.0 Å². The van der Waals surface area contributed by atoms with E-state index in [1.807, 2.05) is 0 Å². The van der Waals surface area contributed by atoms with E-state index in [1.165, 1.54) is 6.92 Å². The van der Waals surface area contributed by atoms with Gasteiger partial charge in [0.15, 0.2) is 0 Å². The molecule has 0 fully saturated rings. The van der Waals surface area contributed by atoms with Crippen molar-refractivity contribution in [2.24, 2.45) is 5.90 Å². The largest absolute Gasteiger partial charge is 0.374 e. The molecule has 38 valence electrons. The molecule has 0 aromatic heterocycles. The third-order valence-corrected chi connectivity index (χ3v) is 0.166. The molecule has 0 aliphatic heterocycles. The van der Waals surface area contributed by atoms with Gasteiger partial charge in [-0.05, 0) is 0 Å². The van der Waals surface area contributed by atoms with E-state index in [-0.39, 0.29) is 17.0 Å². The van der Waals surface area contributed by atoms with Crippen LogP contribution in [0.3, 0.4) is 0 Å². The number of carbonyl (C=O) groups is 1. The SMILES string of the molecule is Br.CC(=O)ON. The van der Waals surface area contributed by atoms with Gasteiger partial charge in [-0.2, -0.15) is 5.90 Å². The highest BCUT2D eigenvalue weighted by Crippen LogP contribution is 1.55. The first-order valence-electron chi connectivity index (χ1n) is 1.14. The maximum atomic E-state index is 9.47. The van der Waals surface area contributed by atoms with Gasteiger partial charge in [0.25, 0.3) is 0 Å². The van der Waals surface area contributed by atoms with Crippen LogP contribution >= 0.6 is 17.0 Å². The van der Waals surface area contributed by atoms with Gasteiger partial charge in [0.1, 0.15) is 0 Å². The minimum atomic E-state index is -0.468. The Balaban J connectivity index is 0. The Morgan fingerprint density at radius 2 is 2.00 bits per heavy atom. The molecule has 0 radical (unpaired) electrons. The number of nitrogens with two attached hydrogens (primary N) is 1. The van der Waals surface area contributed by atoms with E-state index >= 15 is 0 Å². The minimum absolute atomic E-state index is 0. The molecule has 0 aliphatic carbocycles. The summed E-state index contributed by atoms with van der Waals surface area (Å²) in [6.45, 7) is 1.24. The topological polar surface area (TPSA) is 52.3 Å². The molecule has 0 saturated carbocycles. The van der Waals surface area contributed by atoms with Gasteiger partial charge in [-0.3, -0.25) is 4.79 Å². The Kier molecular flexibility index (Phi) is 7.63. The van der Waals surface area contributed by atoms with E-state index in [1.54, 1.807) is 0 Å². The molecule has 0 spiro atoms. The summed E-state index contributed by atoms with van der Waals surface area (Å²) in [5.74, 6) is 3.85. The zero-order chi connectivity index (χ0) is 4.28. The summed E-state index contributed by atoms with van der Waals surface area (Å²) < 4.78 is 0. The summed E-state index contributed by atoms with van der Waals surface area (Å²) in [5, 5.41) is 0. The van der Waals surface area contributed by atoms with E-state index in [0.717, 1.165) is 0 Å². The van der Waals surface area contributed by atoms with Crippen molar-refractivity contribution in [3.05, 3.63) is 0 Å². The van der Waals surface area contributed by atoms with Gasteiger partial charge in [0.2, 0.25) is 0 Å². The molecule has 0 atom stereocenters. The zero-order valence-corrected chi connectivity index (χ0v) is 5.02. The van der Waals surface area contributed by atoms with Crippen LogP contribution in [0.5, 0.6) is 0 Å². The van der Waals surface area contributed by atoms with E-state index < -0.39 is 5.97 Å². The lowest BCUT2D eigenvalue weighted by Gasteiger charge is -1.79. The minimum Gasteiger partial charge on any atom is -0.374 e. The molecule has 0 rings (SSSR count). The summed E-state index contributed by atoms with van der Waals surface area (Å²) >= 11 is 0. The summed E-state index contributed by atoms with van der Waals surface area (Å²) in [5.41, 5.74) is 0. The molecule has 0 bridgehead atoms. The lowest BCUT2D eigenvalue weighted by atomic mass is 10.8. The molecule has 0 aromatic rings. The van der Waals surface area contributed by atoms with Crippen LogP contribution in [0.25, 0.3) is 0 Å². The van der Waals surface area contributed by atoms with Crippen molar-refractivity contribution in [1.82, 2.24) is 0 Å².